The van der Waals surface area contributed by atoms with Crippen LogP contribution in [0.5, 0.6) is 0 Å². The van der Waals surface area contributed by atoms with Crippen LogP contribution in [-0.2, 0) is 19.1 Å². The summed E-state index contributed by atoms with van der Waals surface area (Å²) in [5, 5.41) is 0. The van der Waals surface area contributed by atoms with Crippen molar-refractivity contribution in [3.8, 4) is 0 Å². The maximum Gasteiger partial charge on any atom is 0.338 e. The second-order valence-electron chi connectivity index (χ2n) is 5.18. The minimum Gasteiger partial charge on any atom is -0.462 e. The van der Waals surface area contributed by atoms with Gasteiger partial charge in [0.25, 0.3) is 0 Å². The third-order valence-corrected chi connectivity index (χ3v) is 3.36. The normalized spacial score (nSPS) is 25.5. The summed E-state index contributed by atoms with van der Waals surface area (Å²) in [6.07, 6.45) is 3.38. The van der Waals surface area contributed by atoms with Crippen molar-refractivity contribution in [2.24, 2.45) is 0 Å². The van der Waals surface area contributed by atoms with Gasteiger partial charge in [-0.1, -0.05) is 22.8 Å². The highest BCUT2D eigenvalue weighted by Crippen LogP contribution is 2.29. The van der Waals surface area contributed by atoms with E-state index in [4.69, 9.17) is 9.47 Å². The Bertz CT molecular complexity index is 521. The summed E-state index contributed by atoms with van der Waals surface area (Å²) in [6, 6.07) is 0. The first-order valence-corrected chi connectivity index (χ1v) is 7.32. The average molecular weight is 292 g/mol. The van der Waals surface area contributed by atoms with Gasteiger partial charge in [0.2, 0.25) is 0 Å². The summed E-state index contributed by atoms with van der Waals surface area (Å²) in [6.45, 7) is 9.80. The van der Waals surface area contributed by atoms with Crippen molar-refractivity contribution in [1.82, 2.24) is 0 Å². The van der Waals surface area contributed by atoms with Gasteiger partial charge < -0.3 is 9.47 Å². The predicted octanol–water partition coefficient (Wildman–Crippen LogP) is 3.49. The van der Waals surface area contributed by atoms with E-state index in [1.165, 1.54) is 5.57 Å². The molecule has 0 bridgehead atoms. The lowest BCUT2D eigenvalue weighted by Gasteiger charge is -2.19. The van der Waals surface area contributed by atoms with Crippen molar-refractivity contribution >= 4 is 11.9 Å². The number of hydrogen-bond acceptors (Lipinski definition) is 4. The van der Waals surface area contributed by atoms with Gasteiger partial charge in [0.15, 0.2) is 0 Å². The summed E-state index contributed by atoms with van der Waals surface area (Å²) in [4.78, 5) is 24.6. The predicted molar refractivity (Wildman–Crippen MR) is 81.7 cm³/mol. The summed E-state index contributed by atoms with van der Waals surface area (Å²) in [7, 11) is 0. The van der Waals surface area contributed by atoms with Crippen LogP contribution in [0.2, 0.25) is 0 Å². The molecule has 0 aromatic carbocycles. The molecule has 1 rings (SSSR count). The van der Waals surface area contributed by atoms with Gasteiger partial charge in [-0.2, -0.15) is 0 Å². The number of esters is 2. The highest BCUT2D eigenvalue weighted by molar-refractivity contribution is 6.08. The van der Waals surface area contributed by atoms with E-state index in [0.717, 1.165) is 11.1 Å². The Balaban J connectivity index is 3.43. The molecule has 0 aromatic rings. The first-order chi connectivity index (χ1) is 9.92. The fourth-order valence-corrected chi connectivity index (χ4v) is 2.39. The molecule has 0 aromatic heterocycles. The molecule has 0 radical (unpaired) electrons. The molecular formula is C17H24O4. The summed E-state index contributed by atoms with van der Waals surface area (Å²) >= 11 is 0. The van der Waals surface area contributed by atoms with E-state index in [-0.39, 0.29) is 13.2 Å². The van der Waals surface area contributed by atoms with Crippen LogP contribution in [0.15, 0.2) is 33.9 Å². The Labute approximate surface area is 126 Å². The Kier molecular flexibility index (Phi) is 6.40. The van der Waals surface area contributed by atoms with Crippen molar-refractivity contribution in [3.05, 3.63) is 33.9 Å². The molecule has 0 spiro atoms. The SMILES string of the molecule is CCOC(=O)C1=C(\C)C/C=C(/C)C/C(C)=C\1C(=O)OCC. The Hall–Kier alpha value is -1.84. The van der Waals surface area contributed by atoms with Crippen molar-refractivity contribution in [2.45, 2.75) is 47.5 Å². The minimum atomic E-state index is -0.453. The molecule has 4 nitrogen and oxygen atoms in total. The fraction of sp³-hybridized carbons (Fsp3) is 0.529. The Morgan fingerprint density at radius 1 is 0.952 bits per heavy atom. The van der Waals surface area contributed by atoms with E-state index >= 15 is 0 Å². The molecular weight excluding hydrogens is 268 g/mol. The van der Waals surface area contributed by atoms with Gasteiger partial charge in [-0.05, 0) is 47.5 Å². The lowest BCUT2D eigenvalue weighted by atomic mass is 9.89. The van der Waals surface area contributed by atoms with E-state index < -0.39 is 11.9 Å². The quantitative estimate of drug-likeness (QED) is 0.588. The van der Waals surface area contributed by atoms with E-state index in [1.807, 2.05) is 20.8 Å². The second-order valence-corrected chi connectivity index (χ2v) is 5.18. The zero-order valence-electron chi connectivity index (χ0n) is 13.5. The van der Waals surface area contributed by atoms with Gasteiger partial charge in [0.1, 0.15) is 0 Å². The highest BCUT2D eigenvalue weighted by atomic mass is 16.5. The maximum absolute atomic E-state index is 12.3. The van der Waals surface area contributed by atoms with Crippen LogP contribution in [-0.4, -0.2) is 25.2 Å². The number of rotatable bonds is 4. The van der Waals surface area contributed by atoms with Crippen LogP contribution >= 0.6 is 0 Å². The molecule has 0 fully saturated rings. The molecule has 116 valence electrons. The van der Waals surface area contributed by atoms with Crippen LogP contribution in [0.1, 0.15) is 47.5 Å². The number of carbonyl (C=O) groups is 2. The van der Waals surface area contributed by atoms with Crippen molar-refractivity contribution < 1.29 is 19.1 Å². The lowest BCUT2D eigenvalue weighted by molar-refractivity contribution is -0.142. The lowest BCUT2D eigenvalue weighted by Crippen LogP contribution is -2.20. The first-order valence-electron chi connectivity index (χ1n) is 7.32. The number of ether oxygens (including phenoxy) is 2. The van der Waals surface area contributed by atoms with Crippen molar-refractivity contribution in [3.63, 3.8) is 0 Å². The van der Waals surface area contributed by atoms with Crippen LogP contribution in [0.3, 0.4) is 0 Å². The molecule has 1 aliphatic carbocycles. The monoisotopic (exact) mass is 292 g/mol. The topological polar surface area (TPSA) is 52.6 Å². The summed E-state index contributed by atoms with van der Waals surface area (Å²) in [5.74, 6) is -0.905. The molecule has 0 heterocycles. The third-order valence-electron chi connectivity index (χ3n) is 3.36. The number of allylic oxidation sites excluding steroid dienone is 4. The standard InChI is InChI=1S/C17H24O4/c1-6-20-16(18)14-12(4)9-8-11(3)10-13(5)15(14)17(19)21-7-2/h8H,6-7,9-10H2,1-5H3/b11-8-,14-12+,15-13+. The van der Waals surface area contributed by atoms with Crippen LogP contribution in [0.4, 0.5) is 0 Å². The average Bonchev–Trinajstić information content (AvgIpc) is 2.40. The van der Waals surface area contributed by atoms with Gasteiger partial charge in [0.05, 0.1) is 24.4 Å². The molecule has 0 unspecified atom stereocenters. The second kappa shape index (κ2) is 7.81. The molecule has 21 heavy (non-hydrogen) atoms. The van der Waals surface area contributed by atoms with Crippen LogP contribution in [0.25, 0.3) is 0 Å². The Morgan fingerprint density at radius 3 is 1.90 bits per heavy atom. The van der Waals surface area contributed by atoms with E-state index in [9.17, 15) is 9.59 Å². The van der Waals surface area contributed by atoms with Gasteiger partial charge >= 0.3 is 11.9 Å². The molecule has 0 amide bonds. The first kappa shape index (κ1) is 17.2. The van der Waals surface area contributed by atoms with Gasteiger partial charge in [-0.15, -0.1) is 0 Å². The van der Waals surface area contributed by atoms with Gasteiger partial charge in [0, 0.05) is 0 Å². The van der Waals surface area contributed by atoms with E-state index in [1.54, 1.807) is 13.8 Å². The largest absolute Gasteiger partial charge is 0.462 e. The van der Waals surface area contributed by atoms with E-state index in [2.05, 4.69) is 6.08 Å². The smallest absolute Gasteiger partial charge is 0.338 e. The van der Waals surface area contributed by atoms with Gasteiger partial charge in [-0.25, -0.2) is 9.59 Å². The molecule has 0 saturated carbocycles. The highest BCUT2D eigenvalue weighted by Gasteiger charge is 2.28. The zero-order valence-corrected chi connectivity index (χ0v) is 13.5. The zero-order chi connectivity index (χ0) is 16.0. The molecule has 0 atom stereocenters. The molecule has 0 N–H and O–H groups in total. The minimum absolute atomic E-state index is 0.277. The summed E-state index contributed by atoms with van der Waals surface area (Å²) < 4.78 is 10.3. The molecule has 0 saturated heterocycles. The van der Waals surface area contributed by atoms with E-state index in [0.29, 0.717) is 24.0 Å². The number of carbonyl (C=O) groups excluding carboxylic acids is 2. The maximum atomic E-state index is 12.3. The van der Waals surface area contributed by atoms with Crippen molar-refractivity contribution in [2.75, 3.05) is 13.2 Å². The Morgan fingerprint density at radius 2 is 1.43 bits per heavy atom. The van der Waals surface area contributed by atoms with Crippen molar-refractivity contribution in [1.29, 1.82) is 0 Å². The molecule has 0 aliphatic heterocycles. The molecule has 4 heteroatoms. The van der Waals surface area contributed by atoms with Crippen LogP contribution in [0, 0.1) is 0 Å². The van der Waals surface area contributed by atoms with Gasteiger partial charge in [-0.3, -0.25) is 0 Å². The number of hydrogen-bond donors (Lipinski definition) is 0. The molecule has 1 aliphatic rings. The third kappa shape index (κ3) is 4.31. The van der Waals surface area contributed by atoms with Crippen LogP contribution < -0.4 is 0 Å². The summed E-state index contributed by atoms with van der Waals surface area (Å²) in [5.41, 5.74) is 3.56. The fourth-order valence-electron chi connectivity index (χ4n) is 2.39.